The maximum Gasteiger partial charge on any atom is 0.304 e. The summed E-state index contributed by atoms with van der Waals surface area (Å²) in [5, 5.41) is 12.0. The van der Waals surface area contributed by atoms with Crippen LogP contribution in [0.15, 0.2) is 24.3 Å². The van der Waals surface area contributed by atoms with Crippen molar-refractivity contribution < 1.29 is 9.90 Å². The van der Waals surface area contributed by atoms with Gasteiger partial charge in [0, 0.05) is 31.4 Å². The number of nitrogens with zero attached hydrogens (tertiary/aromatic N) is 1. The number of anilines is 1. The largest absolute Gasteiger partial charge is 0.481 e. The molecule has 104 valence electrons. The number of benzene rings is 1. The Labute approximate surface area is 114 Å². The van der Waals surface area contributed by atoms with E-state index in [0.29, 0.717) is 12.6 Å². The third-order valence-corrected chi connectivity index (χ3v) is 3.59. The lowest BCUT2D eigenvalue weighted by Gasteiger charge is -2.35. The lowest BCUT2D eigenvalue weighted by atomic mass is 10.0. The maximum atomic E-state index is 10.5. The van der Waals surface area contributed by atoms with Gasteiger partial charge < -0.3 is 15.3 Å². The zero-order chi connectivity index (χ0) is 13.7. The number of aryl methyl sites for hydroxylation is 1. The summed E-state index contributed by atoms with van der Waals surface area (Å²) in [5.41, 5.74) is 2.53. The number of carbonyl (C=O) groups is 1. The molecule has 0 aliphatic carbocycles. The summed E-state index contributed by atoms with van der Waals surface area (Å²) in [6, 6.07) is 8.99. The molecule has 1 unspecified atom stereocenters. The predicted octanol–water partition coefficient (Wildman–Crippen LogP) is 2.03. The van der Waals surface area contributed by atoms with Crippen LogP contribution in [0.25, 0.3) is 0 Å². The van der Waals surface area contributed by atoms with Gasteiger partial charge in [-0.2, -0.15) is 0 Å². The van der Waals surface area contributed by atoms with Crippen molar-refractivity contribution in [3.05, 3.63) is 29.8 Å². The maximum absolute atomic E-state index is 10.5. The first-order valence-electron chi connectivity index (χ1n) is 6.92. The van der Waals surface area contributed by atoms with Gasteiger partial charge in [-0.3, -0.25) is 4.79 Å². The Balaban J connectivity index is 1.86. The van der Waals surface area contributed by atoms with Crippen molar-refractivity contribution in [2.75, 3.05) is 24.5 Å². The van der Waals surface area contributed by atoms with Gasteiger partial charge >= 0.3 is 5.97 Å². The van der Waals surface area contributed by atoms with E-state index in [2.05, 4.69) is 41.4 Å². The number of piperidine rings is 1. The molecule has 4 nitrogen and oxygen atoms in total. The molecule has 1 atom stereocenters. The summed E-state index contributed by atoms with van der Waals surface area (Å²) in [7, 11) is 0. The first-order valence-corrected chi connectivity index (χ1v) is 6.92. The van der Waals surface area contributed by atoms with Crippen molar-refractivity contribution in [2.45, 2.75) is 32.2 Å². The zero-order valence-electron chi connectivity index (χ0n) is 11.4. The average Bonchev–Trinajstić information content (AvgIpc) is 2.39. The van der Waals surface area contributed by atoms with Crippen LogP contribution in [-0.2, 0) is 4.79 Å². The van der Waals surface area contributed by atoms with Crippen molar-refractivity contribution in [3.8, 4) is 0 Å². The summed E-state index contributed by atoms with van der Waals surface area (Å²) in [6.07, 6.45) is 2.47. The Bertz CT molecular complexity index is 417. The molecule has 0 aromatic heterocycles. The van der Waals surface area contributed by atoms with Crippen LogP contribution in [0.5, 0.6) is 0 Å². The second kappa shape index (κ2) is 6.57. The van der Waals surface area contributed by atoms with Crippen molar-refractivity contribution in [1.82, 2.24) is 5.32 Å². The quantitative estimate of drug-likeness (QED) is 0.852. The van der Waals surface area contributed by atoms with E-state index in [4.69, 9.17) is 5.11 Å². The molecular weight excluding hydrogens is 240 g/mol. The molecule has 4 heteroatoms. The lowest BCUT2D eigenvalue weighted by molar-refractivity contribution is -0.136. The molecule has 1 heterocycles. The second-order valence-corrected chi connectivity index (χ2v) is 5.22. The highest BCUT2D eigenvalue weighted by Gasteiger charge is 2.19. The first kappa shape index (κ1) is 13.9. The molecule has 19 heavy (non-hydrogen) atoms. The highest BCUT2D eigenvalue weighted by atomic mass is 16.4. The fourth-order valence-electron chi connectivity index (χ4n) is 2.52. The van der Waals surface area contributed by atoms with Gasteiger partial charge in [0.2, 0.25) is 0 Å². The number of nitrogens with one attached hydrogen (secondary N) is 1. The van der Waals surface area contributed by atoms with E-state index in [1.165, 1.54) is 11.3 Å². The van der Waals surface area contributed by atoms with Gasteiger partial charge in [0.25, 0.3) is 0 Å². The third kappa shape index (κ3) is 4.24. The molecule has 0 saturated carbocycles. The molecule has 1 aliphatic rings. The monoisotopic (exact) mass is 262 g/mol. The molecule has 1 aromatic rings. The molecule has 0 amide bonds. The first-order chi connectivity index (χ1) is 9.15. The molecule has 0 radical (unpaired) electrons. The van der Waals surface area contributed by atoms with E-state index in [9.17, 15) is 4.79 Å². The molecule has 0 spiro atoms. The molecule has 1 saturated heterocycles. The molecular formula is C15H22N2O2. The van der Waals surface area contributed by atoms with E-state index in [1.54, 1.807) is 0 Å². The SMILES string of the molecule is Cc1ccc(N2CCCC(NCCC(=O)O)C2)cc1. The zero-order valence-corrected chi connectivity index (χ0v) is 11.4. The van der Waals surface area contributed by atoms with Gasteiger partial charge in [-0.15, -0.1) is 0 Å². The Hall–Kier alpha value is -1.55. The van der Waals surface area contributed by atoms with Crippen LogP contribution < -0.4 is 10.2 Å². The minimum atomic E-state index is -0.737. The van der Waals surface area contributed by atoms with Gasteiger partial charge in [0.1, 0.15) is 0 Å². The van der Waals surface area contributed by atoms with Crippen molar-refractivity contribution >= 4 is 11.7 Å². The normalized spacial score (nSPS) is 19.4. The summed E-state index contributed by atoms with van der Waals surface area (Å²) in [4.78, 5) is 12.9. The van der Waals surface area contributed by atoms with Crippen molar-refractivity contribution in [3.63, 3.8) is 0 Å². The topological polar surface area (TPSA) is 52.6 Å². The van der Waals surface area contributed by atoms with E-state index in [0.717, 1.165) is 25.9 Å². The van der Waals surface area contributed by atoms with Gasteiger partial charge in [0.05, 0.1) is 6.42 Å². The minimum absolute atomic E-state index is 0.195. The van der Waals surface area contributed by atoms with Crippen LogP contribution in [0.2, 0.25) is 0 Å². The van der Waals surface area contributed by atoms with E-state index in [-0.39, 0.29) is 6.42 Å². The molecule has 1 aliphatic heterocycles. The number of rotatable bonds is 5. The van der Waals surface area contributed by atoms with Crippen LogP contribution in [0.3, 0.4) is 0 Å². The van der Waals surface area contributed by atoms with Gasteiger partial charge in [0.15, 0.2) is 0 Å². The summed E-state index contributed by atoms with van der Waals surface area (Å²) in [5.74, 6) is -0.737. The smallest absolute Gasteiger partial charge is 0.304 e. The van der Waals surface area contributed by atoms with Crippen LogP contribution in [0.4, 0.5) is 5.69 Å². The van der Waals surface area contributed by atoms with Gasteiger partial charge in [-0.1, -0.05) is 17.7 Å². The van der Waals surface area contributed by atoms with E-state index in [1.807, 2.05) is 0 Å². The Morgan fingerprint density at radius 3 is 2.84 bits per heavy atom. The lowest BCUT2D eigenvalue weighted by Crippen LogP contribution is -2.46. The van der Waals surface area contributed by atoms with Crippen molar-refractivity contribution in [2.24, 2.45) is 0 Å². The molecule has 1 aromatic carbocycles. The predicted molar refractivity (Wildman–Crippen MR) is 76.7 cm³/mol. The Kier molecular flexibility index (Phi) is 4.80. The number of aliphatic carboxylic acids is 1. The second-order valence-electron chi connectivity index (χ2n) is 5.22. The van der Waals surface area contributed by atoms with E-state index >= 15 is 0 Å². The van der Waals surface area contributed by atoms with Crippen LogP contribution in [-0.4, -0.2) is 36.8 Å². The highest BCUT2D eigenvalue weighted by Crippen LogP contribution is 2.20. The minimum Gasteiger partial charge on any atom is -0.481 e. The number of hydrogen-bond acceptors (Lipinski definition) is 3. The van der Waals surface area contributed by atoms with Gasteiger partial charge in [-0.05, 0) is 31.9 Å². The van der Waals surface area contributed by atoms with Crippen LogP contribution >= 0.6 is 0 Å². The third-order valence-electron chi connectivity index (χ3n) is 3.59. The molecule has 1 fully saturated rings. The summed E-state index contributed by atoms with van der Waals surface area (Å²) < 4.78 is 0. The molecule has 0 bridgehead atoms. The standard InChI is InChI=1S/C15H22N2O2/c1-12-4-6-14(7-5-12)17-10-2-3-13(11-17)16-9-8-15(18)19/h4-7,13,16H,2-3,8-11H2,1H3,(H,18,19). The summed E-state index contributed by atoms with van der Waals surface area (Å²) >= 11 is 0. The average molecular weight is 262 g/mol. The number of carboxylic acid groups (broad SMARTS) is 1. The van der Waals surface area contributed by atoms with Crippen molar-refractivity contribution in [1.29, 1.82) is 0 Å². The number of carboxylic acids is 1. The van der Waals surface area contributed by atoms with Gasteiger partial charge in [-0.25, -0.2) is 0 Å². The fourth-order valence-corrected chi connectivity index (χ4v) is 2.52. The number of hydrogen-bond donors (Lipinski definition) is 2. The molecule has 2 N–H and O–H groups in total. The fraction of sp³-hybridized carbons (Fsp3) is 0.533. The summed E-state index contributed by atoms with van der Waals surface area (Å²) in [6.45, 7) is 4.70. The Morgan fingerprint density at radius 2 is 2.16 bits per heavy atom. The highest BCUT2D eigenvalue weighted by molar-refractivity contribution is 5.66. The molecule has 2 rings (SSSR count). The van der Waals surface area contributed by atoms with Crippen LogP contribution in [0.1, 0.15) is 24.8 Å². The Morgan fingerprint density at radius 1 is 1.42 bits per heavy atom. The van der Waals surface area contributed by atoms with E-state index < -0.39 is 5.97 Å². The van der Waals surface area contributed by atoms with Crippen LogP contribution in [0, 0.1) is 6.92 Å².